The first-order chi connectivity index (χ1) is 7.75. The lowest BCUT2D eigenvalue weighted by Gasteiger charge is -2.25. The number of rotatable bonds is 9. The lowest BCUT2D eigenvalue weighted by atomic mass is 10.1. The summed E-state index contributed by atoms with van der Waals surface area (Å²) < 4.78 is 0. The molecule has 13 heteroatoms. The van der Waals surface area contributed by atoms with Crippen molar-refractivity contribution in [3.63, 3.8) is 0 Å². The smallest absolute Gasteiger partial charge is 0.294 e. The van der Waals surface area contributed by atoms with Crippen LogP contribution in [0, 0.1) is 30.3 Å². The molecule has 0 fully saturated rings. The minimum atomic E-state index is -1.90. The van der Waals surface area contributed by atoms with Gasteiger partial charge in [0.1, 0.15) is 19.8 Å². The largest absolute Gasteiger partial charge is 0.320 e. The van der Waals surface area contributed by atoms with Crippen LogP contribution < -0.4 is 5.73 Å². The fourth-order valence-electron chi connectivity index (χ4n) is 0.669. The van der Waals surface area contributed by atoms with Crippen molar-refractivity contribution in [1.82, 2.24) is 0 Å². The molecular formula is C4H8N4O9. The third-order valence-corrected chi connectivity index (χ3v) is 1.37. The normalized spacial score (nSPS) is 10.4. The lowest BCUT2D eigenvalue weighted by molar-refractivity contribution is -0.778. The second-order valence-electron chi connectivity index (χ2n) is 2.85. The van der Waals surface area contributed by atoms with E-state index in [0.29, 0.717) is 0 Å². The molecule has 98 valence electrons. The van der Waals surface area contributed by atoms with Gasteiger partial charge in [-0.15, -0.1) is 30.3 Å². The van der Waals surface area contributed by atoms with E-state index in [2.05, 4.69) is 14.5 Å². The first kappa shape index (κ1) is 14.6. The van der Waals surface area contributed by atoms with Crippen LogP contribution in [0.25, 0.3) is 0 Å². The molecule has 0 atom stereocenters. The van der Waals surface area contributed by atoms with Gasteiger partial charge in [-0.05, 0) is 0 Å². The Hall–Kier alpha value is -2.44. The molecule has 0 spiro atoms. The van der Waals surface area contributed by atoms with Gasteiger partial charge in [-0.2, -0.15) is 0 Å². The van der Waals surface area contributed by atoms with Crippen molar-refractivity contribution < 1.29 is 29.8 Å². The molecule has 0 saturated heterocycles. The Bertz CT molecular complexity index is 260. The molecule has 0 aliphatic heterocycles. The fourth-order valence-corrected chi connectivity index (χ4v) is 0.669. The Morgan fingerprint density at radius 1 is 0.824 bits per heavy atom. The average molecular weight is 256 g/mol. The second-order valence-corrected chi connectivity index (χ2v) is 2.85. The highest BCUT2D eigenvalue weighted by molar-refractivity contribution is 4.82. The predicted molar refractivity (Wildman–Crippen MR) is 45.8 cm³/mol. The summed E-state index contributed by atoms with van der Waals surface area (Å²) in [6.07, 6.45) is 0. The molecule has 0 rings (SSSR count). The van der Waals surface area contributed by atoms with Crippen molar-refractivity contribution in [2.75, 3.05) is 19.8 Å². The van der Waals surface area contributed by atoms with Gasteiger partial charge in [0, 0.05) is 0 Å². The maximum Gasteiger partial charge on any atom is 0.294 e. The van der Waals surface area contributed by atoms with Crippen LogP contribution in [-0.2, 0) is 14.5 Å². The summed E-state index contributed by atoms with van der Waals surface area (Å²) in [5.74, 6) is 0. The van der Waals surface area contributed by atoms with Crippen LogP contribution in [0.2, 0.25) is 0 Å². The molecule has 13 nitrogen and oxygen atoms in total. The van der Waals surface area contributed by atoms with Crippen molar-refractivity contribution in [3.8, 4) is 0 Å². The second kappa shape index (κ2) is 6.21. The van der Waals surface area contributed by atoms with E-state index in [4.69, 9.17) is 5.73 Å². The highest BCUT2D eigenvalue weighted by Crippen LogP contribution is 2.04. The van der Waals surface area contributed by atoms with E-state index in [1.807, 2.05) is 0 Å². The van der Waals surface area contributed by atoms with Gasteiger partial charge in [0.05, 0.1) is 5.54 Å². The minimum absolute atomic E-state index is 0.859. The summed E-state index contributed by atoms with van der Waals surface area (Å²) >= 11 is 0. The van der Waals surface area contributed by atoms with Crippen LogP contribution in [0.1, 0.15) is 0 Å². The van der Waals surface area contributed by atoms with Gasteiger partial charge in [0.25, 0.3) is 15.3 Å². The first-order valence-electron chi connectivity index (χ1n) is 3.86. The minimum Gasteiger partial charge on any atom is -0.320 e. The maximum atomic E-state index is 9.90. The fraction of sp³-hybridized carbons (Fsp3) is 1.00. The van der Waals surface area contributed by atoms with E-state index in [-0.39, 0.29) is 0 Å². The third-order valence-electron chi connectivity index (χ3n) is 1.37. The molecule has 0 radical (unpaired) electrons. The lowest BCUT2D eigenvalue weighted by Crippen LogP contribution is -2.54. The summed E-state index contributed by atoms with van der Waals surface area (Å²) in [5.41, 5.74) is 3.46. The quantitative estimate of drug-likeness (QED) is 0.368. The molecule has 0 aliphatic rings. The molecule has 0 aromatic carbocycles. The van der Waals surface area contributed by atoms with E-state index < -0.39 is 40.6 Å². The van der Waals surface area contributed by atoms with Crippen LogP contribution in [0.4, 0.5) is 0 Å². The molecule has 0 unspecified atom stereocenters. The molecule has 0 heterocycles. The molecule has 0 aliphatic carbocycles. The number of nitrogens with zero attached hydrogens (tertiary/aromatic N) is 3. The number of hydrogen-bond acceptors (Lipinski definition) is 10. The number of hydrogen-bond donors (Lipinski definition) is 1. The maximum absolute atomic E-state index is 9.90. The molecule has 0 aromatic heterocycles. The van der Waals surface area contributed by atoms with Crippen LogP contribution in [-0.4, -0.2) is 40.6 Å². The van der Waals surface area contributed by atoms with Crippen molar-refractivity contribution in [2.24, 2.45) is 5.73 Å². The molecule has 0 amide bonds. The van der Waals surface area contributed by atoms with Crippen LogP contribution >= 0.6 is 0 Å². The van der Waals surface area contributed by atoms with Crippen LogP contribution in [0.15, 0.2) is 0 Å². The third kappa shape index (κ3) is 7.48. The van der Waals surface area contributed by atoms with E-state index in [9.17, 15) is 30.3 Å². The Labute approximate surface area is 92.3 Å². The summed E-state index contributed by atoms with van der Waals surface area (Å²) in [7, 11) is 0. The molecule has 2 N–H and O–H groups in total. The van der Waals surface area contributed by atoms with Crippen molar-refractivity contribution >= 4 is 0 Å². The van der Waals surface area contributed by atoms with Crippen LogP contribution in [0.5, 0.6) is 0 Å². The van der Waals surface area contributed by atoms with Crippen LogP contribution in [0.3, 0.4) is 0 Å². The Morgan fingerprint density at radius 2 is 1.06 bits per heavy atom. The SMILES string of the molecule is NC(CO[N+](=O)[O-])(CO[N+](=O)[O-])CO[N+](=O)[O-]. The summed E-state index contributed by atoms with van der Waals surface area (Å²) in [6.45, 7) is -2.58. The highest BCUT2D eigenvalue weighted by Gasteiger charge is 2.30. The van der Waals surface area contributed by atoms with Gasteiger partial charge in [-0.1, -0.05) is 0 Å². The summed E-state index contributed by atoms with van der Waals surface area (Å²) in [6, 6.07) is 0. The molecule has 17 heavy (non-hydrogen) atoms. The van der Waals surface area contributed by atoms with Gasteiger partial charge in [-0.3, -0.25) is 0 Å². The van der Waals surface area contributed by atoms with Crippen molar-refractivity contribution in [1.29, 1.82) is 0 Å². The summed E-state index contributed by atoms with van der Waals surface area (Å²) in [4.78, 5) is 41.3. The van der Waals surface area contributed by atoms with Crippen molar-refractivity contribution in [2.45, 2.75) is 5.54 Å². The zero-order chi connectivity index (χ0) is 13.5. The zero-order valence-electron chi connectivity index (χ0n) is 8.21. The Balaban J connectivity index is 4.37. The molecule has 0 saturated carbocycles. The standard InChI is InChI=1S/C4H8N4O9/c5-4(1-15-6(9)10,2-16-7(11)12)3-17-8(13)14/h1-3,5H2. The van der Waals surface area contributed by atoms with Gasteiger partial charge in [-0.25, -0.2) is 0 Å². The molecule has 0 aromatic rings. The Kier molecular flexibility index (Phi) is 5.32. The van der Waals surface area contributed by atoms with E-state index in [1.165, 1.54) is 0 Å². The topological polar surface area (TPSA) is 183 Å². The highest BCUT2D eigenvalue weighted by atomic mass is 17.0. The van der Waals surface area contributed by atoms with Gasteiger partial charge in [0.2, 0.25) is 0 Å². The Morgan fingerprint density at radius 3 is 1.24 bits per heavy atom. The zero-order valence-corrected chi connectivity index (χ0v) is 8.21. The molecule has 0 bridgehead atoms. The summed E-state index contributed by atoms with van der Waals surface area (Å²) in [5, 5.41) is 26.1. The van der Waals surface area contributed by atoms with Gasteiger partial charge < -0.3 is 20.2 Å². The van der Waals surface area contributed by atoms with Gasteiger partial charge >= 0.3 is 0 Å². The van der Waals surface area contributed by atoms with E-state index in [0.717, 1.165) is 0 Å². The first-order valence-corrected chi connectivity index (χ1v) is 3.86. The average Bonchev–Trinajstić information content (AvgIpc) is 2.21. The molecular weight excluding hydrogens is 248 g/mol. The van der Waals surface area contributed by atoms with Gasteiger partial charge in [0.15, 0.2) is 0 Å². The number of nitrogens with two attached hydrogens (primary N) is 1. The van der Waals surface area contributed by atoms with Crippen molar-refractivity contribution in [3.05, 3.63) is 30.3 Å². The van der Waals surface area contributed by atoms with E-state index in [1.54, 1.807) is 0 Å². The van der Waals surface area contributed by atoms with E-state index >= 15 is 0 Å². The monoisotopic (exact) mass is 256 g/mol. The predicted octanol–water partition coefficient (Wildman–Crippen LogP) is -1.69.